The van der Waals surface area contributed by atoms with Crippen molar-refractivity contribution in [1.82, 2.24) is 9.97 Å². The minimum Gasteiger partial charge on any atom is -0.497 e. The molecule has 2 heterocycles. The number of ether oxygens (including phenoxy) is 1. The van der Waals surface area contributed by atoms with E-state index in [0.29, 0.717) is 11.3 Å². The number of rotatable bonds is 3. The van der Waals surface area contributed by atoms with E-state index in [-0.39, 0.29) is 5.82 Å². The van der Waals surface area contributed by atoms with Crippen LogP contribution in [0.15, 0.2) is 42.6 Å². The van der Waals surface area contributed by atoms with Crippen LogP contribution < -0.4 is 9.16 Å². The molecule has 0 saturated carbocycles. The van der Waals surface area contributed by atoms with E-state index in [2.05, 4.69) is 9.97 Å². The van der Waals surface area contributed by atoms with Gasteiger partial charge < -0.3 is 4.74 Å². The van der Waals surface area contributed by atoms with Crippen molar-refractivity contribution in [3.05, 3.63) is 48.4 Å². The number of hydrogen-bond donors (Lipinski definition) is 0. The molecule has 0 amide bonds. The van der Waals surface area contributed by atoms with Crippen LogP contribution in [0.5, 0.6) is 5.75 Å². The van der Waals surface area contributed by atoms with Gasteiger partial charge in [0.05, 0.1) is 18.3 Å². The minimum atomic E-state index is -0.494. The summed E-state index contributed by atoms with van der Waals surface area (Å²) in [5, 5.41) is 0.952. The number of hydrogen-bond acceptors (Lipinski definition) is 4. The van der Waals surface area contributed by atoms with Crippen molar-refractivity contribution >= 4 is 28.5 Å². The fourth-order valence-corrected chi connectivity index (χ4v) is 2.31. The first-order valence-electron chi connectivity index (χ1n) is 6.58. The molecule has 3 rings (SSSR count). The highest BCUT2D eigenvalue weighted by atomic mass is 35.5. The molecule has 0 atom stereocenters. The zero-order valence-corrected chi connectivity index (χ0v) is 12.8. The second-order valence-electron chi connectivity index (χ2n) is 4.76. The number of benzene rings is 1. The van der Waals surface area contributed by atoms with Crippen LogP contribution in [0.2, 0.25) is 0 Å². The normalized spacial score (nSPS) is 10.7. The first-order valence-corrected chi connectivity index (χ1v) is 6.92. The third kappa shape index (κ3) is 2.67. The van der Waals surface area contributed by atoms with E-state index in [1.54, 1.807) is 13.3 Å². The Hall–Kier alpha value is -2.40. The standard InChI is InChI=1S/C16H13ClFN3O/c1-21(17)16-13(18)8-11(9-19-16)15-5-3-10-7-12(22-2)4-6-14(10)20-15/h3-9H,1-2H3. The summed E-state index contributed by atoms with van der Waals surface area (Å²) in [6.45, 7) is 0. The molecule has 0 aliphatic heterocycles. The second kappa shape index (κ2) is 5.77. The van der Waals surface area contributed by atoms with Gasteiger partial charge in [0.15, 0.2) is 11.6 Å². The van der Waals surface area contributed by atoms with Crippen LogP contribution >= 0.6 is 11.8 Å². The summed E-state index contributed by atoms with van der Waals surface area (Å²) >= 11 is 5.72. The fourth-order valence-electron chi connectivity index (χ4n) is 2.19. The van der Waals surface area contributed by atoms with E-state index < -0.39 is 5.82 Å². The molecule has 3 aromatic rings. The largest absolute Gasteiger partial charge is 0.497 e. The van der Waals surface area contributed by atoms with Crippen LogP contribution in [0.3, 0.4) is 0 Å². The second-order valence-corrected chi connectivity index (χ2v) is 5.27. The molecule has 0 radical (unpaired) electrons. The Bertz CT molecular complexity index is 839. The van der Waals surface area contributed by atoms with Crippen molar-refractivity contribution in [1.29, 1.82) is 0 Å². The number of nitrogens with zero attached hydrogens (tertiary/aromatic N) is 3. The summed E-state index contributed by atoms with van der Waals surface area (Å²) in [6, 6.07) is 10.7. The highest BCUT2D eigenvalue weighted by Crippen LogP contribution is 2.26. The van der Waals surface area contributed by atoms with Crippen molar-refractivity contribution < 1.29 is 9.13 Å². The Morgan fingerprint density at radius 3 is 2.68 bits per heavy atom. The van der Waals surface area contributed by atoms with Crippen molar-refractivity contribution in [3.63, 3.8) is 0 Å². The van der Waals surface area contributed by atoms with Crippen LogP contribution in [-0.4, -0.2) is 24.1 Å². The SMILES string of the molecule is COc1ccc2nc(-c3cnc(N(C)Cl)c(F)c3)ccc2c1. The number of halogens is 2. The lowest BCUT2D eigenvalue weighted by Gasteiger charge is -2.10. The van der Waals surface area contributed by atoms with Crippen LogP contribution in [0.4, 0.5) is 10.2 Å². The lowest BCUT2D eigenvalue weighted by atomic mass is 10.1. The quantitative estimate of drug-likeness (QED) is 0.683. The van der Waals surface area contributed by atoms with Gasteiger partial charge >= 0.3 is 0 Å². The molecule has 0 aliphatic rings. The van der Waals surface area contributed by atoms with Crippen molar-refractivity contribution in [3.8, 4) is 17.0 Å². The topological polar surface area (TPSA) is 38.3 Å². The predicted molar refractivity (Wildman–Crippen MR) is 85.7 cm³/mol. The zero-order chi connectivity index (χ0) is 15.7. The summed E-state index contributed by atoms with van der Waals surface area (Å²) in [5.41, 5.74) is 2.04. The Balaban J connectivity index is 2.05. The van der Waals surface area contributed by atoms with Gasteiger partial charge in [-0.15, -0.1) is 0 Å². The molecular weight excluding hydrogens is 305 g/mol. The molecule has 2 aromatic heterocycles. The molecule has 112 valence electrons. The maximum Gasteiger partial charge on any atom is 0.179 e. The Morgan fingerprint density at radius 2 is 2.00 bits per heavy atom. The molecule has 0 N–H and O–H groups in total. The first-order chi connectivity index (χ1) is 10.6. The van der Waals surface area contributed by atoms with Gasteiger partial charge in [0.2, 0.25) is 0 Å². The van der Waals surface area contributed by atoms with Gasteiger partial charge in [0.25, 0.3) is 0 Å². The van der Waals surface area contributed by atoms with Crippen LogP contribution in [0, 0.1) is 5.82 Å². The molecule has 0 unspecified atom stereocenters. The fraction of sp³-hybridized carbons (Fsp3) is 0.125. The molecular formula is C16H13ClFN3O. The van der Waals surface area contributed by atoms with E-state index in [4.69, 9.17) is 16.5 Å². The van der Waals surface area contributed by atoms with Crippen molar-refractivity contribution in [2.45, 2.75) is 0 Å². The Kier molecular flexibility index (Phi) is 3.81. The van der Waals surface area contributed by atoms with E-state index in [1.807, 2.05) is 30.3 Å². The molecule has 0 aliphatic carbocycles. The maximum atomic E-state index is 14.0. The van der Waals surface area contributed by atoms with Gasteiger partial charge in [0, 0.05) is 36.0 Å². The number of fused-ring (bicyclic) bond motifs is 1. The molecule has 22 heavy (non-hydrogen) atoms. The highest BCUT2D eigenvalue weighted by Gasteiger charge is 2.10. The predicted octanol–water partition coefficient (Wildman–Crippen LogP) is 4.03. The van der Waals surface area contributed by atoms with E-state index in [1.165, 1.54) is 13.1 Å². The van der Waals surface area contributed by atoms with Crippen LogP contribution in [0.1, 0.15) is 0 Å². The smallest absolute Gasteiger partial charge is 0.179 e. The Morgan fingerprint density at radius 1 is 1.18 bits per heavy atom. The first kappa shape index (κ1) is 14.5. The monoisotopic (exact) mass is 317 g/mol. The average molecular weight is 318 g/mol. The van der Waals surface area contributed by atoms with E-state index >= 15 is 0 Å². The summed E-state index contributed by atoms with van der Waals surface area (Å²) in [4.78, 5) is 8.55. The lowest BCUT2D eigenvalue weighted by molar-refractivity contribution is 0.415. The van der Waals surface area contributed by atoms with Gasteiger partial charge in [-0.1, -0.05) is 6.07 Å². The molecule has 0 fully saturated rings. The molecule has 4 nitrogen and oxygen atoms in total. The molecule has 0 bridgehead atoms. The summed E-state index contributed by atoms with van der Waals surface area (Å²) < 4.78 is 20.3. The summed E-state index contributed by atoms with van der Waals surface area (Å²) in [7, 11) is 3.14. The summed E-state index contributed by atoms with van der Waals surface area (Å²) in [6.07, 6.45) is 1.55. The van der Waals surface area contributed by atoms with Gasteiger partial charge in [-0.05, 0) is 30.3 Å². The average Bonchev–Trinajstić information content (AvgIpc) is 2.53. The van der Waals surface area contributed by atoms with E-state index in [9.17, 15) is 4.39 Å². The van der Waals surface area contributed by atoms with Gasteiger partial charge in [0.1, 0.15) is 5.75 Å². The van der Waals surface area contributed by atoms with Crippen LogP contribution in [-0.2, 0) is 0 Å². The minimum absolute atomic E-state index is 0.0796. The van der Waals surface area contributed by atoms with Gasteiger partial charge in [-0.2, -0.15) is 0 Å². The Labute approximate surface area is 132 Å². The van der Waals surface area contributed by atoms with Gasteiger partial charge in [-0.3, -0.25) is 4.42 Å². The van der Waals surface area contributed by atoms with Crippen LogP contribution in [0.25, 0.3) is 22.2 Å². The third-order valence-electron chi connectivity index (χ3n) is 3.31. The number of methoxy groups -OCH3 is 1. The van der Waals surface area contributed by atoms with Gasteiger partial charge in [-0.25, -0.2) is 14.4 Å². The third-order valence-corrected chi connectivity index (χ3v) is 3.47. The number of aromatic nitrogens is 2. The zero-order valence-electron chi connectivity index (χ0n) is 12.0. The van der Waals surface area contributed by atoms with Crippen molar-refractivity contribution in [2.75, 3.05) is 18.6 Å². The lowest BCUT2D eigenvalue weighted by Crippen LogP contribution is -2.05. The molecule has 1 aromatic carbocycles. The number of anilines is 1. The number of pyridine rings is 2. The van der Waals surface area contributed by atoms with E-state index in [0.717, 1.165) is 21.1 Å². The molecule has 0 saturated heterocycles. The molecule has 0 spiro atoms. The molecule has 6 heteroatoms. The van der Waals surface area contributed by atoms with Crippen molar-refractivity contribution in [2.24, 2.45) is 0 Å². The highest BCUT2D eigenvalue weighted by molar-refractivity contribution is 6.24. The maximum absolute atomic E-state index is 14.0. The summed E-state index contributed by atoms with van der Waals surface area (Å²) in [5.74, 6) is 0.354.